The van der Waals surface area contributed by atoms with Gasteiger partial charge in [-0.15, -0.1) is 0 Å². The topological polar surface area (TPSA) is 126 Å². The summed E-state index contributed by atoms with van der Waals surface area (Å²) >= 11 is 0. The van der Waals surface area contributed by atoms with Gasteiger partial charge in [0.2, 0.25) is 10.0 Å². The second-order valence-corrected chi connectivity index (χ2v) is 9.01. The molecule has 0 spiro atoms. The Kier molecular flexibility index (Phi) is 7.50. The lowest BCUT2D eigenvalue weighted by Gasteiger charge is -2.14. The minimum absolute atomic E-state index is 0.0982. The van der Waals surface area contributed by atoms with Crippen LogP contribution in [0.1, 0.15) is 30.4 Å². The monoisotopic (exact) mass is 448 g/mol. The zero-order valence-corrected chi connectivity index (χ0v) is 18.6. The fourth-order valence-corrected chi connectivity index (χ4v) is 3.71. The molecule has 1 heterocycles. The largest absolute Gasteiger partial charge is 0.492 e. The number of ether oxygens (including phenoxy) is 2. The molecule has 10 heteroatoms. The Labute approximate surface area is 181 Å². The maximum atomic E-state index is 11.3. The van der Waals surface area contributed by atoms with Crippen LogP contribution in [0.3, 0.4) is 0 Å². The second kappa shape index (κ2) is 10.1. The Morgan fingerprint density at radius 3 is 2.77 bits per heavy atom. The molecule has 3 rings (SSSR count). The summed E-state index contributed by atoms with van der Waals surface area (Å²) in [5, 5.41) is 21.8. The first-order chi connectivity index (χ1) is 14.8. The lowest BCUT2D eigenvalue weighted by atomic mass is 10.1. The molecule has 4 N–H and O–H groups in total. The first-order valence-corrected chi connectivity index (χ1v) is 11.8. The highest BCUT2D eigenvalue weighted by Crippen LogP contribution is 2.26. The van der Waals surface area contributed by atoms with E-state index in [0.29, 0.717) is 30.9 Å². The van der Waals surface area contributed by atoms with Gasteiger partial charge in [0, 0.05) is 37.3 Å². The van der Waals surface area contributed by atoms with E-state index < -0.39 is 16.1 Å². The third-order valence-corrected chi connectivity index (χ3v) is 5.37. The van der Waals surface area contributed by atoms with E-state index in [-0.39, 0.29) is 6.10 Å². The van der Waals surface area contributed by atoms with E-state index in [2.05, 4.69) is 20.2 Å². The van der Waals surface area contributed by atoms with Crippen LogP contribution in [-0.2, 0) is 14.8 Å². The van der Waals surface area contributed by atoms with Crippen molar-refractivity contribution in [2.75, 3.05) is 37.8 Å². The summed E-state index contributed by atoms with van der Waals surface area (Å²) in [6, 6.07) is 12.4. The van der Waals surface area contributed by atoms with Gasteiger partial charge in [-0.3, -0.25) is 9.82 Å². The molecule has 3 aromatic rings. The van der Waals surface area contributed by atoms with Gasteiger partial charge < -0.3 is 19.9 Å². The van der Waals surface area contributed by atoms with Crippen molar-refractivity contribution in [2.24, 2.45) is 0 Å². The molecule has 0 saturated carbocycles. The van der Waals surface area contributed by atoms with Crippen molar-refractivity contribution >= 4 is 26.6 Å². The average molecular weight is 449 g/mol. The van der Waals surface area contributed by atoms with Crippen molar-refractivity contribution in [3.05, 3.63) is 53.7 Å². The number of methoxy groups -OCH3 is 1. The van der Waals surface area contributed by atoms with Gasteiger partial charge in [0.05, 0.1) is 29.7 Å². The van der Waals surface area contributed by atoms with Gasteiger partial charge in [-0.05, 0) is 36.8 Å². The molecule has 31 heavy (non-hydrogen) atoms. The molecule has 0 amide bonds. The van der Waals surface area contributed by atoms with Crippen LogP contribution in [0.15, 0.2) is 42.5 Å². The molecule has 168 valence electrons. The van der Waals surface area contributed by atoms with Gasteiger partial charge in [0.25, 0.3) is 0 Å². The number of hydrogen-bond donors (Lipinski definition) is 4. The van der Waals surface area contributed by atoms with E-state index in [0.717, 1.165) is 28.6 Å². The molecule has 0 aliphatic heterocycles. The molecule has 0 bridgehead atoms. The highest BCUT2D eigenvalue weighted by atomic mass is 32.2. The van der Waals surface area contributed by atoms with E-state index >= 15 is 0 Å². The Bertz CT molecular complexity index is 1120. The minimum Gasteiger partial charge on any atom is -0.492 e. The van der Waals surface area contributed by atoms with Crippen LogP contribution in [0.4, 0.5) is 5.69 Å². The number of sulfonamides is 1. The molecule has 2 aromatic carbocycles. The van der Waals surface area contributed by atoms with Crippen molar-refractivity contribution in [1.82, 2.24) is 15.5 Å². The van der Waals surface area contributed by atoms with Gasteiger partial charge in [-0.1, -0.05) is 12.1 Å². The molecule has 0 aliphatic carbocycles. The normalized spacial score (nSPS) is 13.8. The third-order valence-electron chi connectivity index (χ3n) is 4.76. The van der Waals surface area contributed by atoms with E-state index in [9.17, 15) is 13.5 Å². The number of anilines is 1. The lowest BCUT2D eigenvalue weighted by molar-refractivity contribution is 0.117. The summed E-state index contributed by atoms with van der Waals surface area (Å²) in [6.07, 6.45) is 0.212. The molecule has 0 aliphatic rings. The maximum absolute atomic E-state index is 11.3. The second-order valence-electron chi connectivity index (χ2n) is 7.26. The number of hydrogen-bond acceptors (Lipinski definition) is 7. The number of nitrogens with one attached hydrogen (secondary N) is 3. The van der Waals surface area contributed by atoms with E-state index in [1.54, 1.807) is 31.4 Å². The van der Waals surface area contributed by atoms with Crippen LogP contribution >= 0.6 is 0 Å². The van der Waals surface area contributed by atoms with Crippen molar-refractivity contribution < 1.29 is 23.0 Å². The molecule has 1 aromatic heterocycles. The molecule has 0 saturated heterocycles. The number of fused-ring (bicyclic) bond motifs is 1. The molecule has 0 fully saturated rings. The maximum Gasteiger partial charge on any atom is 0.229 e. The quantitative estimate of drug-likeness (QED) is 0.332. The lowest BCUT2D eigenvalue weighted by Crippen LogP contribution is -2.26. The summed E-state index contributed by atoms with van der Waals surface area (Å²) in [4.78, 5) is 0. The molecule has 1 unspecified atom stereocenters. The zero-order chi connectivity index (χ0) is 22.4. The summed E-state index contributed by atoms with van der Waals surface area (Å²) in [5.41, 5.74) is 2.77. The van der Waals surface area contributed by atoms with Crippen LogP contribution in [-0.4, -0.2) is 56.8 Å². The molecular formula is C21H28N4O5S. The average Bonchev–Trinajstić information content (AvgIpc) is 3.15. The number of aliphatic hydroxyl groups excluding tert-OH is 1. The number of aliphatic hydroxyl groups is 1. The van der Waals surface area contributed by atoms with Crippen LogP contribution in [0.5, 0.6) is 5.75 Å². The fraction of sp³-hybridized carbons (Fsp3) is 0.381. The van der Waals surface area contributed by atoms with E-state index in [4.69, 9.17) is 9.47 Å². The first kappa shape index (κ1) is 23.0. The van der Waals surface area contributed by atoms with Gasteiger partial charge in [0.1, 0.15) is 12.4 Å². The highest BCUT2D eigenvalue weighted by Gasteiger charge is 2.13. The predicted octanol–water partition coefficient (Wildman–Crippen LogP) is 2.34. The minimum atomic E-state index is -3.36. The van der Waals surface area contributed by atoms with E-state index in [1.165, 1.54) is 0 Å². The number of H-pyrrole nitrogens is 1. The smallest absolute Gasteiger partial charge is 0.229 e. The summed E-state index contributed by atoms with van der Waals surface area (Å²) in [6.45, 7) is 3.21. The summed E-state index contributed by atoms with van der Waals surface area (Å²) < 4.78 is 36.2. The molecular weight excluding hydrogens is 420 g/mol. The van der Waals surface area contributed by atoms with Crippen molar-refractivity contribution in [1.29, 1.82) is 0 Å². The number of nitrogens with zero attached hydrogens (tertiary/aromatic N) is 1. The van der Waals surface area contributed by atoms with Crippen LogP contribution in [0.2, 0.25) is 0 Å². The van der Waals surface area contributed by atoms with Crippen LogP contribution in [0, 0.1) is 0 Å². The third kappa shape index (κ3) is 6.41. The van der Waals surface area contributed by atoms with Gasteiger partial charge in [-0.2, -0.15) is 5.10 Å². The zero-order valence-electron chi connectivity index (χ0n) is 17.8. The molecule has 2 atom stereocenters. The standard InChI is InChI=1S/C21H28N4O5S/c1-14(29-2)21-18-8-7-17(12-19(18)23-24-21)30-10-9-22-13-20(26)15-5-4-6-16(11-15)25-31(3,27)28/h4-8,11-12,14,20,22,25-26H,9-10,13H2,1-3H3,(H,23,24)/t14-,20?/m1/s1. The van der Waals surface area contributed by atoms with Crippen LogP contribution < -0.4 is 14.8 Å². The predicted molar refractivity (Wildman–Crippen MR) is 120 cm³/mol. The van der Waals surface area contributed by atoms with Gasteiger partial charge in [-0.25, -0.2) is 8.42 Å². The summed E-state index contributed by atoms with van der Waals surface area (Å²) in [7, 11) is -1.72. The van der Waals surface area contributed by atoms with E-state index in [1.807, 2.05) is 25.1 Å². The fourth-order valence-electron chi connectivity index (χ4n) is 3.15. The summed E-state index contributed by atoms with van der Waals surface area (Å²) in [5.74, 6) is 0.717. The first-order valence-electron chi connectivity index (χ1n) is 9.87. The molecule has 0 radical (unpaired) electrons. The number of rotatable bonds is 11. The Balaban J connectivity index is 1.46. The number of aromatic nitrogens is 2. The number of benzene rings is 2. The van der Waals surface area contributed by atoms with Crippen molar-refractivity contribution in [3.8, 4) is 5.75 Å². The SMILES string of the molecule is CO[C@H](C)c1n[nH]c2cc(OCCNCC(O)c3cccc(NS(C)(=O)=O)c3)ccc12. The Morgan fingerprint density at radius 1 is 1.23 bits per heavy atom. The molecule has 9 nitrogen and oxygen atoms in total. The highest BCUT2D eigenvalue weighted by molar-refractivity contribution is 7.92. The van der Waals surface area contributed by atoms with Crippen molar-refractivity contribution in [3.63, 3.8) is 0 Å². The van der Waals surface area contributed by atoms with Gasteiger partial charge in [0.15, 0.2) is 0 Å². The Hall–Kier alpha value is -2.66. The number of aromatic amines is 1. The van der Waals surface area contributed by atoms with Crippen molar-refractivity contribution in [2.45, 2.75) is 19.1 Å². The van der Waals surface area contributed by atoms with Gasteiger partial charge >= 0.3 is 0 Å². The Morgan fingerprint density at radius 2 is 2.03 bits per heavy atom. The van der Waals surface area contributed by atoms with Crippen LogP contribution in [0.25, 0.3) is 10.9 Å².